The monoisotopic (exact) mass is 342 g/mol. The van der Waals surface area contributed by atoms with Crippen molar-refractivity contribution in [2.24, 2.45) is 0 Å². The van der Waals surface area contributed by atoms with Crippen LogP contribution in [0.2, 0.25) is 0 Å². The maximum atomic E-state index is 11.9. The molecule has 2 rings (SSSR count). The fourth-order valence-electron chi connectivity index (χ4n) is 2.11. The molecule has 0 bridgehead atoms. The van der Waals surface area contributed by atoms with E-state index in [0.717, 1.165) is 34.6 Å². The standard InChI is InChI=1S/C15H19BrO2S/c16-13-7-5-12(6-8-13)15(17)4-2-10-19-11-14-3-1-9-18-14/h5-8,14H,1-4,9-11H2. The van der Waals surface area contributed by atoms with Crippen molar-refractivity contribution < 1.29 is 9.53 Å². The summed E-state index contributed by atoms with van der Waals surface area (Å²) in [6, 6.07) is 7.59. The molecule has 1 aromatic carbocycles. The zero-order valence-corrected chi connectivity index (χ0v) is 13.3. The summed E-state index contributed by atoms with van der Waals surface area (Å²) >= 11 is 5.28. The van der Waals surface area contributed by atoms with Crippen LogP contribution < -0.4 is 0 Å². The van der Waals surface area contributed by atoms with Crippen LogP contribution in [-0.4, -0.2) is 30.0 Å². The maximum Gasteiger partial charge on any atom is 0.162 e. The summed E-state index contributed by atoms with van der Waals surface area (Å²) in [6.45, 7) is 0.924. The lowest BCUT2D eigenvalue weighted by Gasteiger charge is -2.08. The van der Waals surface area contributed by atoms with Gasteiger partial charge < -0.3 is 4.74 Å². The molecule has 0 aromatic heterocycles. The molecule has 0 aliphatic carbocycles. The first-order valence-corrected chi connectivity index (χ1v) is 8.68. The van der Waals surface area contributed by atoms with Gasteiger partial charge in [-0.2, -0.15) is 11.8 Å². The van der Waals surface area contributed by atoms with Gasteiger partial charge in [0.2, 0.25) is 0 Å². The van der Waals surface area contributed by atoms with Crippen LogP contribution in [0.5, 0.6) is 0 Å². The van der Waals surface area contributed by atoms with E-state index >= 15 is 0 Å². The Morgan fingerprint density at radius 3 is 2.84 bits per heavy atom. The second kappa shape index (κ2) is 8.08. The molecular formula is C15H19BrO2S. The van der Waals surface area contributed by atoms with Gasteiger partial charge in [-0.1, -0.05) is 28.1 Å². The number of benzene rings is 1. The molecule has 1 unspecified atom stereocenters. The average Bonchev–Trinajstić information content (AvgIpc) is 2.92. The molecule has 1 aliphatic rings. The molecule has 1 aromatic rings. The van der Waals surface area contributed by atoms with Crippen molar-refractivity contribution >= 4 is 33.5 Å². The van der Waals surface area contributed by atoms with E-state index in [1.807, 2.05) is 36.0 Å². The lowest BCUT2D eigenvalue weighted by atomic mass is 10.1. The SMILES string of the molecule is O=C(CCCSCC1CCCO1)c1ccc(Br)cc1. The van der Waals surface area contributed by atoms with E-state index in [1.165, 1.54) is 12.8 Å². The molecular weight excluding hydrogens is 324 g/mol. The van der Waals surface area contributed by atoms with Crippen LogP contribution in [0, 0.1) is 0 Å². The molecule has 4 heteroatoms. The van der Waals surface area contributed by atoms with Crippen molar-refractivity contribution in [2.75, 3.05) is 18.1 Å². The minimum absolute atomic E-state index is 0.241. The Labute approximate surface area is 127 Å². The first-order valence-electron chi connectivity index (χ1n) is 6.74. The number of carbonyl (C=O) groups is 1. The van der Waals surface area contributed by atoms with Gasteiger partial charge in [-0.25, -0.2) is 0 Å². The summed E-state index contributed by atoms with van der Waals surface area (Å²) in [7, 11) is 0. The molecule has 0 radical (unpaired) electrons. The zero-order chi connectivity index (χ0) is 13.5. The number of hydrogen-bond donors (Lipinski definition) is 0. The van der Waals surface area contributed by atoms with E-state index in [9.17, 15) is 4.79 Å². The predicted octanol–water partition coefficient (Wildman–Crippen LogP) is 4.32. The number of halogens is 1. The number of rotatable bonds is 7. The van der Waals surface area contributed by atoms with Crippen molar-refractivity contribution in [2.45, 2.75) is 31.8 Å². The van der Waals surface area contributed by atoms with E-state index in [0.29, 0.717) is 12.5 Å². The highest BCUT2D eigenvalue weighted by Gasteiger charge is 2.14. The van der Waals surface area contributed by atoms with Gasteiger partial charge in [0.05, 0.1) is 6.10 Å². The predicted molar refractivity (Wildman–Crippen MR) is 84.0 cm³/mol. The summed E-state index contributed by atoms with van der Waals surface area (Å²) in [5.74, 6) is 2.36. The summed E-state index contributed by atoms with van der Waals surface area (Å²) < 4.78 is 6.58. The maximum absolute atomic E-state index is 11.9. The second-order valence-electron chi connectivity index (χ2n) is 4.74. The van der Waals surface area contributed by atoms with Crippen molar-refractivity contribution in [3.63, 3.8) is 0 Å². The van der Waals surface area contributed by atoms with Crippen LogP contribution in [-0.2, 0) is 4.74 Å². The van der Waals surface area contributed by atoms with Crippen LogP contribution in [0.1, 0.15) is 36.0 Å². The van der Waals surface area contributed by atoms with Crippen LogP contribution in [0.3, 0.4) is 0 Å². The van der Waals surface area contributed by atoms with E-state index in [2.05, 4.69) is 15.9 Å². The van der Waals surface area contributed by atoms with Gasteiger partial charge >= 0.3 is 0 Å². The third-order valence-corrected chi connectivity index (χ3v) is 4.90. The molecule has 0 saturated carbocycles. The number of ketones is 1. The molecule has 1 atom stereocenters. The van der Waals surface area contributed by atoms with Crippen LogP contribution in [0.4, 0.5) is 0 Å². The zero-order valence-electron chi connectivity index (χ0n) is 10.9. The van der Waals surface area contributed by atoms with Crippen molar-refractivity contribution in [1.29, 1.82) is 0 Å². The summed E-state index contributed by atoms with van der Waals surface area (Å²) in [4.78, 5) is 11.9. The molecule has 2 nitrogen and oxygen atoms in total. The van der Waals surface area contributed by atoms with Crippen LogP contribution >= 0.6 is 27.7 Å². The largest absolute Gasteiger partial charge is 0.377 e. The highest BCUT2D eigenvalue weighted by atomic mass is 79.9. The lowest BCUT2D eigenvalue weighted by Crippen LogP contribution is -2.08. The van der Waals surface area contributed by atoms with Gasteiger partial charge in [-0.3, -0.25) is 4.79 Å². The van der Waals surface area contributed by atoms with Gasteiger partial charge in [0.25, 0.3) is 0 Å². The molecule has 0 N–H and O–H groups in total. The molecule has 104 valence electrons. The fraction of sp³-hybridized carbons (Fsp3) is 0.533. The Morgan fingerprint density at radius 1 is 1.37 bits per heavy atom. The lowest BCUT2D eigenvalue weighted by molar-refractivity contribution is 0.0982. The van der Waals surface area contributed by atoms with Gasteiger partial charge in [-0.05, 0) is 37.1 Å². The molecule has 1 saturated heterocycles. The van der Waals surface area contributed by atoms with E-state index in [4.69, 9.17) is 4.74 Å². The van der Waals surface area contributed by atoms with Gasteiger partial charge in [0.1, 0.15) is 0 Å². The molecule has 1 aliphatic heterocycles. The second-order valence-corrected chi connectivity index (χ2v) is 6.81. The Balaban J connectivity index is 1.59. The third-order valence-electron chi connectivity index (χ3n) is 3.19. The average molecular weight is 343 g/mol. The molecule has 1 heterocycles. The third kappa shape index (κ3) is 5.28. The molecule has 0 amide bonds. The van der Waals surface area contributed by atoms with E-state index < -0.39 is 0 Å². The summed E-state index contributed by atoms with van der Waals surface area (Å²) in [5, 5.41) is 0. The molecule has 1 fully saturated rings. The normalized spacial score (nSPS) is 18.7. The summed E-state index contributed by atoms with van der Waals surface area (Å²) in [6.07, 6.45) is 4.44. The Kier molecular flexibility index (Phi) is 6.41. The minimum atomic E-state index is 0.241. The first-order chi connectivity index (χ1) is 9.25. The molecule has 0 spiro atoms. The van der Waals surface area contributed by atoms with Crippen molar-refractivity contribution in [3.05, 3.63) is 34.3 Å². The quantitative estimate of drug-likeness (QED) is 0.545. The van der Waals surface area contributed by atoms with Crippen LogP contribution in [0.25, 0.3) is 0 Å². The summed E-state index contributed by atoms with van der Waals surface area (Å²) in [5.41, 5.74) is 0.812. The number of hydrogen-bond acceptors (Lipinski definition) is 3. The van der Waals surface area contributed by atoms with Crippen LogP contribution in [0.15, 0.2) is 28.7 Å². The first kappa shape index (κ1) is 15.1. The van der Waals surface area contributed by atoms with Crippen molar-refractivity contribution in [3.8, 4) is 0 Å². The van der Waals surface area contributed by atoms with E-state index in [1.54, 1.807) is 0 Å². The number of ether oxygens (including phenoxy) is 1. The number of thioether (sulfide) groups is 1. The van der Waals surface area contributed by atoms with E-state index in [-0.39, 0.29) is 5.78 Å². The van der Waals surface area contributed by atoms with Crippen molar-refractivity contribution in [1.82, 2.24) is 0 Å². The Hall–Kier alpha value is -0.320. The topological polar surface area (TPSA) is 26.3 Å². The van der Waals surface area contributed by atoms with Gasteiger partial charge in [0, 0.05) is 28.8 Å². The number of carbonyl (C=O) groups excluding carboxylic acids is 1. The van der Waals surface area contributed by atoms with Gasteiger partial charge in [0.15, 0.2) is 5.78 Å². The highest BCUT2D eigenvalue weighted by Crippen LogP contribution is 2.18. The molecule has 19 heavy (non-hydrogen) atoms. The Morgan fingerprint density at radius 2 is 2.16 bits per heavy atom. The number of Topliss-reactive ketones (excluding diaryl/α,β-unsaturated/α-hetero) is 1. The minimum Gasteiger partial charge on any atom is -0.377 e. The fourth-order valence-corrected chi connectivity index (χ4v) is 3.41. The van der Waals surface area contributed by atoms with Gasteiger partial charge in [-0.15, -0.1) is 0 Å². The highest BCUT2D eigenvalue weighted by molar-refractivity contribution is 9.10. The smallest absolute Gasteiger partial charge is 0.162 e. The Bertz CT molecular complexity index is 399.